The lowest BCUT2D eigenvalue weighted by Crippen LogP contribution is -2.23. The van der Waals surface area contributed by atoms with Crippen molar-refractivity contribution in [3.05, 3.63) is 11.1 Å². The van der Waals surface area contributed by atoms with Crippen molar-refractivity contribution in [2.24, 2.45) is 0 Å². The average Bonchev–Trinajstić information content (AvgIpc) is 2.35. The molecule has 1 N–H and O–H groups in total. The lowest BCUT2D eigenvalue weighted by Gasteiger charge is -2.13. The zero-order chi connectivity index (χ0) is 8.27. The number of aliphatic hydroxyl groups is 1. The third kappa shape index (κ3) is 2.81. The van der Waals surface area contributed by atoms with Crippen molar-refractivity contribution in [3.63, 3.8) is 0 Å². The normalized spacial score (nSPS) is 27.9. The smallest absolute Gasteiger partial charge is 0.0679 e. The van der Waals surface area contributed by atoms with E-state index in [9.17, 15) is 5.11 Å². The van der Waals surface area contributed by atoms with Gasteiger partial charge in [-0.1, -0.05) is 11.6 Å². The van der Waals surface area contributed by atoms with Crippen LogP contribution in [0, 0.1) is 0 Å². The Labute approximate surface area is 72.5 Å². The quantitative estimate of drug-likeness (QED) is 0.682. The second-order valence-electron chi connectivity index (χ2n) is 3.13. The monoisotopic (exact) mass is 175 g/mol. The van der Waals surface area contributed by atoms with E-state index in [4.69, 9.17) is 11.6 Å². The number of β-amino-alcohol motifs (C(OH)–C–C–N with tert-alkyl or cyclic N) is 1. The highest BCUT2D eigenvalue weighted by molar-refractivity contribution is 6.25. The summed E-state index contributed by atoms with van der Waals surface area (Å²) in [6, 6.07) is 0. The first-order chi connectivity index (χ1) is 5.22. The Balaban J connectivity index is 2.28. The van der Waals surface area contributed by atoms with Crippen LogP contribution in [0.1, 0.15) is 13.3 Å². The molecule has 3 heteroatoms. The number of nitrogens with zero attached hydrogens (tertiary/aromatic N) is 1. The van der Waals surface area contributed by atoms with E-state index in [2.05, 4.69) is 4.90 Å². The van der Waals surface area contributed by atoms with Crippen molar-refractivity contribution in [2.45, 2.75) is 19.4 Å². The summed E-state index contributed by atoms with van der Waals surface area (Å²) in [5, 5.41) is 9.19. The van der Waals surface area contributed by atoms with E-state index in [1.54, 1.807) is 5.54 Å². The van der Waals surface area contributed by atoms with Gasteiger partial charge in [0.25, 0.3) is 0 Å². The SMILES string of the molecule is CC(=CCl)CN1CC[C@@H](O)C1. The Bertz CT molecular complexity index is 158. The van der Waals surface area contributed by atoms with E-state index < -0.39 is 0 Å². The van der Waals surface area contributed by atoms with Crippen LogP contribution in [0.25, 0.3) is 0 Å². The number of hydrogen-bond donors (Lipinski definition) is 1. The summed E-state index contributed by atoms with van der Waals surface area (Å²) in [5.74, 6) is 0. The Morgan fingerprint density at radius 1 is 1.82 bits per heavy atom. The van der Waals surface area contributed by atoms with Crippen LogP contribution in [0.4, 0.5) is 0 Å². The summed E-state index contributed by atoms with van der Waals surface area (Å²) in [4.78, 5) is 2.21. The molecule has 0 aromatic rings. The fraction of sp³-hybridized carbons (Fsp3) is 0.750. The van der Waals surface area contributed by atoms with Crippen molar-refractivity contribution in [1.29, 1.82) is 0 Å². The molecule has 1 aliphatic heterocycles. The molecule has 2 nitrogen and oxygen atoms in total. The Morgan fingerprint density at radius 3 is 3.00 bits per heavy atom. The molecule has 0 aliphatic carbocycles. The lowest BCUT2D eigenvalue weighted by molar-refractivity contribution is 0.179. The van der Waals surface area contributed by atoms with Crippen LogP contribution in [-0.2, 0) is 0 Å². The molecule has 0 spiro atoms. The van der Waals surface area contributed by atoms with Crippen LogP contribution < -0.4 is 0 Å². The standard InChI is InChI=1S/C8H14ClNO/c1-7(4-9)5-10-3-2-8(11)6-10/h4,8,11H,2-3,5-6H2,1H3/t8-/m1/s1. The number of hydrogen-bond acceptors (Lipinski definition) is 2. The predicted octanol–water partition coefficient (Wildman–Crippen LogP) is 1.20. The van der Waals surface area contributed by atoms with E-state index in [0.29, 0.717) is 0 Å². The van der Waals surface area contributed by atoms with E-state index >= 15 is 0 Å². The number of likely N-dealkylation sites (tertiary alicyclic amines) is 1. The molecule has 0 unspecified atom stereocenters. The van der Waals surface area contributed by atoms with Gasteiger partial charge in [-0.3, -0.25) is 4.90 Å². The molecule has 1 aliphatic rings. The topological polar surface area (TPSA) is 23.5 Å². The Hall–Kier alpha value is -0.0500. The van der Waals surface area contributed by atoms with Gasteiger partial charge in [0.2, 0.25) is 0 Å². The van der Waals surface area contributed by atoms with Gasteiger partial charge in [-0.2, -0.15) is 0 Å². The van der Waals surface area contributed by atoms with Crippen LogP contribution in [0.2, 0.25) is 0 Å². The van der Waals surface area contributed by atoms with Gasteiger partial charge in [0, 0.05) is 25.2 Å². The van der Waals surface area contributed by atoms with Crippen molar-refractivity contribution in [1.82, 2.24) is 4.90 Å². The molecule has 0 saturated carbocycles. The van der Waals surface area contributed by atoms with E-state index in [1.165, 1.54) is 0 Å². The zero-order valence-electron chi connectivity index (χ0n) is 6.76. The maximum absolute atomic E-state index is 9.19. The van der Waals surface area contributed by atoms with Gasteiger partial charge in [0.1, 0.15) is 0 Å². The highest BCUT2D eigenvalue weighted by Crippen LogP contribution is 2.10. The van der Waals surface area contributed by atoms with Gasteiger partial charge in [0.15, 0.2) is 0 Å². The van der Waals surface area contributed by atoms with Gasteiger partial charge >= 0.3 is 0 Å². The minimum atomic E-state index is -0.127. The van der Waals surface area contributed by atoms with E-state index in [1.807, 2.05) is 6.92 Å². The zero-order valence-corrected chi connectivity index (χ0v) is 7.51. The average molecular weight is 176 g/mol. The number of aliphatic hydroxyl groups excluding tert-OH is 1. The highest BCUT2D eigenvalue weighted by atomic mass is 35.5. The first kappa shape index (κ1) is 9.04. The highest BCUT2D eigenvalue weighted by Gasteiger charge is 2.19. The minimum Gasteiger partial charge on any atom is -0.392 e. The fourth-order valence-corrected chi connectivity index (χ4v) is 1.41. The molecular formula is C8H14ClNO. The Kier molecular flexibility index (Phi) is 3.37. The summed E-state index contributed by atoms with van der Waals surface area (Å²) in [7, 11) is 0. The summed E-state index contributed by atoms with van der Waals surface area (Å²) in [6.07, 6.45) is 0.772. The first-order valence-electron chi connectivity index (χ1n) is 3.88. The Morgan fingerprint density at radius 2 is 2.55 bits per heavy atom. The van der Waals surface area contributed by atoms with Crippen molar-refractivity contribution in [2.75, 3.05) is 19.6 Å². The molecule has 0 aromatic carbocycles. The number of halogens is 1. The van der Waals surface area contributed by atoms with E-state index in [-0.39, 0.29) is 6.10 Å². The predicted molar refractivity (Wildman–Crippen MR) is 46.7 cm³/mol. The second-order valence-corrected chi connectivity index (χ2v) is 3.35. The van der Waals surface area contributed by atoms with Crippen LogP contribution in [0.5, 0.6) is 0 Å². The summed E-state index contributed by atoms with van der Waals surface area (Å²) in [5.41, 5.74) is 2.76. The molecule has 11 heavy (non-hydrogen) atoms. The first-order valence-corrected chi connectivity index (χ1v) is 4.32. The van der Waals surface area contributed by atoms with Crippen LogP contribution in [-0.4, -0.2) is 35.7 Å². The molecule has 1 fully saturated rings. The van der Waals surface area contributed by atoms with Gasteiger partial charge in [-0.05, 0) is 18.9 Å². The van der Waals surface area contributed by atoms with Crippen LogP contribution in [0.15, 0.2) is 11.1 Å². The maximum atomic E-state index is 9.19. The molecule has 0 bridgehead atoms. The molecule has 1 rings (SSSR count). The molecule has 1 heterocycles. The third-order valence-electron chi connectivity index (χ3n) is 1.91. The van der Waals surface area contributed by atoms with E-state index in [0.717, 1.165) is 31.6 Å². The fourth-order valence-electron chi connectivity index (χ4n) is 1.34. The number of rotatable bonds is 2. The summed E-state index contributed by atoms with van der Waals surface area (Å²) in [6.45, 7) is 4.67. The van der Waals surface area contributed by atoms with Crippen molar-refractivity contribution >= 4 is 11.6 Å². The maximum Gasteiger partial charge on any atom is 0.0679 e. The van der Waals surface area contributed by atoms with Crippen LogP contribution >= 0.6 is 11.6 Å². The molecule has 0 radical (unpaired) electrons. The van der Waals surface area contributed by atoms with Crippen molar-refractivity contribution in [3.8, 4) is 0 Å². The van der Waals surface area contributed by atoms with Gasteiger partial charge in [0.05, 0.1) is 6.10 Å². The van der Waals surface area contributed by atoms with Gasteiger partial charge < -0.3 is 5.11 Å². The second kappa shape index (κ2) is 4.10. The largest absolute Gasteiger partial charge is 0.392 e. The molecule has 0 amide bonds. The molecular weight excluding hydrogens is 162 g/mol. The van der Waals surface area contributed by atoms with Crippen LogP contribution in [0.3, 0.4) is 0 Å². The molecule has 1 atom stereocenters. The summed E-state index contributed by atoms with van der Waals surface area (Å²) >= 11 is 5.52. The molecule has 64 valence electrons. The van der Waals surface area contributed by atoms with Gasteiger partial charge in [-0.25, -0.2) is 0 Å². The lowest BCUT2D eigenvalue weighted by atomic mass is 10.3. The summed E-state index contributed by atoms with van der Waals surface area (Å²) < 4.78 is 0. The molecule has 1 saturated heterocycles. The minimum absolute atomic E-state index is 0.127. The van der Waals surface area contributed by atoms with Crippen molar-refractivity contribution < 1.29 is 5.11 Å². The van der Waals surface area contributed by atoms with Gasteiger partial charge in [-0.15, -0.1) is 0 Å². The molecule has 0 aromatic heterocycles. The third-order valence-corrected chi connectivity index (χ3v) is 2.28.